The van der Waals surface area contributed by atoms with Crippen molar-refractivity contribution in [2.24, 2.45) is 0 Å². The number of carbonyl (C=O) groups excluding carboxylic acids is 1. The number of hydrogen-bond acceptors (Lipinski definition) is 1. The van der Waals surface area contributed by atoms with Gasteiger partial charge in [-0.3, -0.25) is 4.79 Å². The molecule has 25 heavy (non-hydrogen) atoms. The number of amides is 1. The lowest BCUT2D eigenvalue weighted by Crippen LogP contribution is -2.14. The molecule has 1 N–H and O–H groups in total. The highest BCUT2D eigenvalue weighted by Crippen LogP contribution is 2.20. The highest BCUT2D eigenvalue weighted by atomic mass is 16.1. The summed E-state index contributed by atoms with van der Waals surface area (Å²) in [6.45, 7) is 4.32. The summed E-state index contributed by atoms with van der Waals surface area (Å²) in [7, 11) is 0. The Kier molecular flexibility index (Phi) is 5.30. The lowest BCUT2D eigenvalue weighted by molar-refractivity contribution is -0.115. The molecule has 0 radical (unpaired) electrons. The van der Waals surface area contributed by atoms with Crippen LogP contribution in [0.15, 0.2) is 78.9 Å². The average molecular weight is 329 g/mol. The highest BCUT2D eigenvalue weighted by Gasteiger charge is 2.06. The van der Waals surface area contributed by atoms with E-state index in [9.17, 15) is 4.79 Å². The van der Waals surface area contributed by atoms with Crippen molar-refractivity contribution in [3.05, 3.63) is 90.0 Å². The molecule has 0 atom stereocenters. The third kappa shape index (κ3) is 4.57. The van der Waals surface area contributed by atoms with E-state index in [0.717, 1.165) is 16.8 Å². The lowest BCUT2D eigenvalue weighted by Gasteiger charge is -2.09. The van der Waals surface area contributed by atoms with Crippen LogP contribution in [-0.4, -0.2) is 5.91 Å². The monoisotopic (exact) mass is 329 g/mol. The molecule has 126 valence electrons. The standard InChI is InChI=1S/C23H23NO/c1-17(2)19-12-14-22(15-13-19)24-23(25)16-18-8-10-21(11-9-18)20-6-4-3-5-7-20/h3-15,17H,16H2,1-2H3,(H,24,25). The first-order valence-electron chi connectivity index (χ1n) is 8.66. The fraction of sp³-hybridized carbons (Fsp3) is 0.174. The van der Waals surface area contributed by atoms with Crippen molar-refractivity contribution in [1.29, 1.82) is 0 Å². The zero-order chi connectivity index (χ0) is 17.6. The zero-order valence-electron chi connectivity index (χ0n) is 14.7. The van der Waals surface area contributed by atoms with Gasteiger partial charge in [0.2, 0.25) is 5.91 Å². The summed E-state index contributed by atoms with van der Waals surface area (Å²) in [6, 6.07) is 26.5. The summed E-state index contributed by atoms with van der Waals surface area (Å²) >= 11 is 0. The Labute approximate surface area is 149 Å². The molecule has 0 saturated carbocycles. The number of anilines is 1. The minimum Gasteiger partial charge on any atom is -0.326 e. The van der Waals surface area contributed by atoms with Crippen LogP contribution in [0.5, 0.6) is 0 Å². The average Bonchev–Trinajstić information content (AvgIpc) is 2.63. The first-order valence-corrected chi connectivity index (χ1v) is 8.66. The van der Waals surface area contributed by atoms with Crippen molar-refractivity contribution in [3.8, 4) is 11.1 Å². The van der Waals surface area contributed by atoms with Crippen LogP contribution in [0.1, 0.15) is 30.9 Å². The summed E-state index contributed by atoms with van der Waals surface area (Å²) in [5.41, 5.74) is 5.47. The van der Waals surface area contributed by atoms with Gasteiger partial charge in [-0.15, -0.1) is 0 Å². The van der Waals surface area contributed by atoms with Crippen molar-refractivity contribution < 1.29 is 4.79 Å². The largest absolute Gasteiger partial charge is 0.326 e. The molecule has 3 aromatic carbocycles. The van der Waals surface area contributed by atoms with Crippen molar-refractivity contribution in [1.82, 2.24) is 0 Å². The van der Waals surface area contributed by atoms with E-state index in [2.05, 4.69) is 55.6 Å². The van der Waals surface area contributed by atoms with E-state index in [0.29, 0.717) is 12.3 Å². The molecular weight excluding hydrogens is 306 g/mol. The Balaban J connectivity index is 1.61. The number of hydrogen-bond donors (Lipinski definition) is 1. The van der Waals surface area contributed by atoms with Gasteiger partial charge in [-0.05, 0) is 40.3 Å². The number of rotatable bonds is 5. The van der Waals surface area contributed by atoms with Gasteiger partial charge in [-0.25, -0.2) is 0 Å². The van der Waals surface area contributed by atoms with Crippen LogP contribution in [-0.2, 0) is 11.2 Å². The first-order chi connectivity index (χ1) is 12.1. The maximum atomic E-state index is 12.2. The van der Waals surface area contributed by atoms with Crippen LogP contribution in [0.3, 0.4) is 0 Å². The van der Waals surface area contributed by atoms with Gasteiger partial charge < -0.3 is 5.32 Å². The third-order valence-electron chi connectivity index (χ3n) is 4.29. The van der Waals surface area contributed by atoms with Crippen LogP contribution in [0, 0.1) is 0 Å². The van der Waals surface area contributed by atoms with E-state index >= 15 is 0 Å². The van der Waals surface area contributed by atoms with Crippen LogP contribution < -0.4 is 5.32 Å². The molecule has 0 aliphatic rings. The molecular formula is C23H23NO. The molecule has 2 nitrogen and oxygen atoms in total. The van der Waals surface area contributed by atoms with Gasteiger partial charge in [-0.2, -0.15) is 0 Å². The van der Waals surface area contributed by atoms with Crippen LogP contribution in [0.2, 0.25) is 0 Å². The van der Waals surface area contributed by atoms with E-state index in [4.69, 9.17) is 0 Å². The molecule has 1 amide bonds. The molecule has 0 bridgehead atoms. The fourth-order valence-corrected chi connectivity index (χ4v) is 2.79. The summed E-state index contributed by atoms with van der Waals surface area (Å²) in [5, 5.41) is 2.96. The second kappa shape index (κ2) is 7.80. The van der Waals surface area contributed by atoms with E-state index in [1.807, 2.05) is 42.5 Å². The van der Waals surface area contributed by atoms with E-state index in [1.165, 1.54) is 11.1 Å². The van der Waals surface area contributed by atoms with Gasteiger partial charge in [0.1, 0.15) is 0 Å². The third-order valence-corrected chi connectivity index (χ3v) is 4.29. The molecule has 0 spiro atoms. The molecule has 0 aliphatic carbocycles. The molecule has 0 heterocycles. The summed E-state index contributed by atoms with van der Waals surface area (Å²) < 4.78 is 0. The van der Waals surface area contributed by atoms with Gasteiger partial charge in [0.05, 0.1) is 6.42 Å². The van der Waals surface area contributed by atoms with Crippen molar-refractivity contribution in [2.75, 3.05) is 5.32 Å². The van der Waals surface area contributed by atoms with Crippen LogP contribution in [0.25, 0.3) is 11.1 Å². The SMILES string of the molecule is CC(C)c1ccc(NC(=O)Cc2ccc(-c3ccccc3)cc2)cc1. The zero-order valence-corrected chi connectivity index (χ0v) is 14.7. The number of carbonyl (C=O) groups is 1. The van der Waals surface area contributed by atoms with Gasteiger partial charge >= 0.3 is 0 Å². The lowest BCUT2D eigenvalue weighted by atomic mass is 10.0. The normalized spacial score (nSPS) is 10.7. The molecule has 0 fully saturated rings. The van der Waals surface area contributed by atoms with Gasteiger partial charge in [0, 0.05) is 5.69 Å². The second-order valence-corrected chi connectivity index (χ2v) is 6.56. The van der Waals surface area contributed by atoms with E-state index in [1.54, 1.807) is 0 Å². The predicted molar refractivity (Wildman–Crippen MR) is 105 cm³/mol. The smallest absolute Gasteiger partial charge is 0.228 e. The molecule has 0 aromatic heterocycles. The maximum Gasteiger partial charge on any atom is 0.228 e. The van der Waals surface area contributed by atoms with Crippen molar-refractivity contribution in [2.45, 2.75) is 26.2 Å². The molecule has 3 rings (SSSR count). The summed E-state index contributed by atoms with van der Waals surface area (Å²) in [5.74, 6) is 0.498. The number of nitrogens with one attached hydrogen (secondary N) is 1. The van der Waals surface area contributed by atoms with Crippen LogP contribution in [0.4, 0.5) is 5.69 Å². The van der Waals surface area contributed by atoms with E-state index < -0.39 is 0 Å². The Morgan fingerprint density at radius 1 is 0.800 bits per heavy atom. The molecule has 0 unspecified atom stereocenters. The predicted octanol–water partition coefficient (Wildman–Crippen LogP) is 5.66. The Hall–Kier alpha value is -2.87. The Morgan fingerprint density at radius 3 is 2.00 bits per heavy atom. The fourth-order valence-electron chi connectivity index (χ4n) is 2.79. The summed E-state index contributed by atoms with van der Waals surface area (Å²) in [4.78, 5) is 12.2. The van der Waals surface area contributed by atoms with Crippen molar-refractivity contribution >= 4 is 11.6 Å². The second-order valence-electron chi connectivity index (χ2n) is 6.56. The number of benzene rings is 3. The Morgan fingerprint density at radius 2 is 1.40 bits per heavy atom. The minimum absolute atomic E-state index is 0.00441. The highest BCUT2D eigenvalue weighted by molar-refractivity contribution is 5.92. The van der Waals surface area contributed by atoms with E-state index in [-0.39, 0.29) is 5.91 Å². The minimum atomic E-state index is 0.00441. The van der Waals surface area contributed by atoms with Gasteiger partial charge in [0.15, 0.2) is 0 Å². The van der Waals surface area contributed by atoms with Gasteiger partial charge in [0.25, 0.3) is 0 Å². The summed E-state index contributed by atoms with van der Waals surface area (Å²) in [6.07, 6.45) is 0.376. The quantitative estimate of drug-likeness (QED) is 0.643. The maximum absolute atomic E-state index is 12.2. The molecule has 3 aromatic rings. The molecule has 0 aliphatic heterocycles. The molecule has 0 saturated heterocycles. The van der Waals surface area contributed by atoms with Crippen LogP contribution >= 0.6 is 0 Å². The Bertz CT molecular complexity index is 818. The van der Waals surface area contributed by atoms with Gasteiger partial charge in [-0.1, -0.05) is 80.6 Å². The molecule has 2 heteroatoms. The van der Waals surface area contributed by atoms with Crippen molar-refractivity contribution in [3.63, 3.8) is 0 Å². The first kappa shape index (κ1) is 17.0. The topological polar surface area (TPSA) is 29.1 Å².